The van der Waals surface area contributed by atoms with Gasteiger partial charge in [0.05, 0.1) is 11.3 Å². The van der Waals surface area contributed by atoms with Gasteiger partial charge in [-0.05, 0) is 37.3 Å². The summed E-state index contributed by atoms with van der Waals surface area (Å²) < 4.78 is 41.3. The molecule has 1 aliphatic heterocycles. The quantitative estimate of drug-likeness (QED) is 0.839. The van der Waals surface area contributed by atoms with Crippen LogP contribution in [0.1, 0.15) is 37.6 Å². The van der Waals surface area contributed by atoms with E-state index in [1.165, 1.54) is 6.92 Å². The Hall–Kier alpha value is -2.09. The van der Waals surface area contributed by atoms with E-state index in [-0.39, 0.29) is 11.6 Å². The van der Waals surface area contributed by atoms with Crippen LogP contribution >= 0.6 is 0 Å². The summed E-state index contributed by atoms with van der Waals surface area (Å²) in [6.07, 6.45) is -4.76. The number of benzene rings is 1. The van der Waals surface area contributed by atoms with Crippen molar-refractivity contribution >= 4 is 17.5 Å². The van der Waals surface area contributed by atoms with Gasteiger partial charge in [0.2, 0.25) is 0 Å². The maximum absolute atomic E-state index is 12.9. The van der Waals surface area contributed by atoms with Crippen LogP contribution in [0.2, 0.25) is 0 Å². The number of hydrogen-bond donors (Lipinski definition) is 1. The molecule has 1 aliphatic rings. The number of hydrogen-bond acceptors (Lipinski definition) is 3. The molecule has 1 aromatic carbocycles. The van der Waals surface area contributed by atoms with Crippen molar-refractivity contribution in [2.24, 2.45) is 11.8 Å². The van der Waals surface area contributed by atoms with Crippen molar-refractivity contribution in [3.8, 4) is 0 Å². The van der Waals surface area contributed by atoms with Crippen molar-refractivity contribution in [3.63, 3.8) is 0 Å². The molecule has 150 valence electrons. The molecular formula is C19H25F3N2O3. The minimum absolute atomic E-state index is 0.201. The Bertz CT molecular complexity index is 668. The number of nitrogens with one attached hydrogen (secondary N) is 1. The summed E-state index contributed by atoms with van der Waals surface area (Å²) in [6, 6.07) is 6.49. The Morgan fingerprint density at radius 3 is 2.41 bits per heavy atom. The zero-order chi connectivity index (χ0) is 20.2. The first-order valence-electron chi connectivity index (χ1n) is 8.94. The minimum Gasteiger partial charge on any atom is -0.359 e. The number of piperidine rings is 1. The normalized spacial score (nSPS) is 21.6. The number of likely N-dealkylation sites (tertiary alicyclic amines) is 1. The fourth-order valence-electron chi connectivity index (χ4n) is 3.31. The highest BCUT2D eigenvalue weighted by Crippen LogP contribution is 2.25. The van der Waals surface area contributed by atoms with Gasteiger partial charge < -0.3 is 15.0 Å². The van der Waals surface area contributed by atoms with Crippen LogP contribution in [0, 0.1) is 11.8 Å². The molecule has 1 saturated heterocycles. The molecule has 8 heteroatoms. The van der Waals surface area contributed by atoms with E-state index in [0.29, 0.717) is 30.5 Å². The lowest BCUT2D eigenvalue weighted by Crippen LogP contribution is -2.43. The molecule has 2 rings (SSSR count). The Morgan fingerprint density at radius 1 is 1.22 bits per heavy atom. The number of ether oxygens (including phenoxy) is 1. The third kappa shape index (κ3) is 6.23. The number of para-hydroxylation sites is 1. The molecule has 0 bridgehead atoms. The smallest absolute Gasteiger partial charge is 0.359 e. The van der Waals surface area contributed by atoms with Gasteiger partial charge in [-0.3, -0.25) is 9.59 Å². The molecule has 0 spiro atoms. The van der Waals surface area contributed by atoms with E-state index < -0.39 is 24.8 Å². The summed E-state index contributed by atoms with van der Waals surface area (Å²) in [7, 11) is 0. The average Bonchev–Trinajstić information content (AvgIpc) is 2.58. The Labute approximate surface area is 156 Å². The molecule has 1 N–H and O–H groups in total. The molecule has 0 radical (unpaired) electrons. The number of alkyl halides is 3. The number of rotatable bonds is 5. The van der Waals surface area contributed by atoms with Gasteiger partial charge in [0.25, 0.3) is 11.8 Å². The van der Waals surface area contributed by atoms with Crippen LogP contribution < -0.4 is 5.32 Å². The van der Waals surface area contributed by atoms with Gasteiger partial charge in [-0.25, -0.2) is 0 Å². The van der Waals surface area contributed by atoms with Crippen LogP contribution in [-0.2, 0) is 9.53 Å². The lowest BCUT2D eigenvalue weighted by atomic mass is 9.91. The van der Waals surface area contributed by atoms with Crippen molar-refractivity contribution in [2.45, 2.75) is 39.5 Å². The summed E-state index contributed by atoms with van der Waals surface area (Å²) in [6.45, 7) is 5.17. The molecule has 1 fully saturated rings. The van der Waals surface area contributed by atoms with Crippen LogP contribution in [0.15, 0.2) is 24.3 Å². The zero-order valence-electron chi connectivity index (χ0n) is 15.7. The van der Waals surface area contributed by atoms with E-state index in [0.717, 1.165) is 6.42 Å². The molecule has 0 saturated carbocycles. The predicted octanol–water partition coefficient (Wildman–Crippen LogP) is 3.71. The standard InChI is InChI=1S/C19H25F3N2O3/c1-12-8-13(2)10-24(9-12)18(26)15-6-4-5-7-16(15)23-17(25)14(3)27-11-19(20,21)22/h4-7,12-14H,8-11H2,1-3H3,(H,23,25). The third-order valence-corrected chi connectivity index (χ3v) is 4.44. The fraction of sp³-hybridized carbons (Fsp3) is 0.579. The minimum atomic E-state index is -4.51. The summed E-state index contributed by atoms with van der Waals surface area (Å²) in [5, 5.41) is 2.51. The van der Waals surface area contributed by atoms with Crippen LogP contribution in [0.4, 0.5) is 18.9 Å². The first-order chi connectivity index (χ1) is 12.6. The van der Waals surface area contributed by atoms with Crippen molar-refractivity contribution in [2.75, 3.05) is 25.0 Å². The lowest BCUT2D eigenvalue weighted by Gasteiger charge is -2.35. The van der Waals surface area contributed by atoms with E-state index in [1.807, 2.05) is 0 Å². The third-order valence-electron chi connectivity index (χ3n) is 4.44. The highest BCUT2D eigenvalue weighted by molar-refractivity contribution is 6.04. The summed E-state index contributed by atoms with van der Waals surface area (Å²) >= 11 is 0. The van der Waals surface area contributed by atoms with Crippen LogP contribution in [0.25, 0.3) is 0 Å². The molecular weight excluding hydrogens is 361 g/mol. The average molecular weight is 386 g/mol. The summed E-state index contributed by atoms with van der Waals surface area (Å²) in [4.78, 5) is 26.8. The van der Waals surface area contributed by atoms with Crippen molar-refractivity contribution in [1.29, 1.82) is 0 Å². The number of carbonyl (C=O) groups is 2. The first kappa shape index (κ1) is 21.2. The molecule has 3 unspecified atom stereocenters. The highest BCUT2D eigenvalue weighted by atomic mass is 19.4. The van der Waals surface area contributed by atoms with Gasteiger partial charge in [0, 0.05) is 13.1 Å². The van der Waals surface area contributed by atoms with Crippen molar-refractivity contribution in [1.82, 2.24) is 4.90 Å². The highest BCUT2D eigenvalue weighted by Gasteiger charge is 2.31. The second-order valence-corrected chi connectivity index (χ2v) is 7.26. The molecule has 27 heavy (non-hydrogen) atoms. The largest absolute Gasteiger partial charge is 0.411 e. The van der Waals surface area contributed by atoms with Gasteiger partial charge in [0.1, 0.15) is 12.7 Å². The SMILES string of the molecule is CC1CC(C)CN(C(=O)c2ccccc2NC(=O)C(C)OCC(F)(F)F)C1. The van der Waals surface area contributed by atoms with E-state index in [9.17, 15) is 22.8 Å². The molecule has 0 aliphatic carbocycles. The molecule has 3 atom stereocenters. The zero-order valence-corrected chi connectivity index (χ0v) is 15.7. The summed E-state index contributed by atoms with van der Waals surface area (Å²) in [5.41, 5.74) is 0.580. The number of carbonyl (C=O) groups excluding carboxylic acids is 2. The van der Waals surface area contributed by atoms with E-state index >= 15 is 0 Å². The van der Waals surface area contributed by atoms with E-state index in [1.54, 1.807) is 29.2 Å². The second kappa shape index (κ2) is 8.73. The van der Waals surface area contributed by atoms with Gasteiger partial charge in [-0.2, -0.15) is 13.2 Å². The molecule has 2 amide bonds. The van der Waals surface area contributed by atoms with Gasteiger partial charge in [0.15, 0.2) is 0 Å². The topological polar surface area (TPSA) is 58.6 Å². The van der Waals surface area contributed by atoms with E-state index in [4.69, 9.17) is 0 Å². The number of halogens is 3. The number of amides is 2. The molecule has 0 aromatic heterocycles. The van der Waals surface area contributed by atoms with Crippen LogP contribution in [0.3, 0.4) is 0 Å². The van der Waals surface area contributed by atoms with Crippen molar-refractivity contribution < 1.29 is 27.5 Å². The first-order valence-corrected chi connectivity index (χ1v) is 8.94. The maximum Gasteiger partial charge on any atom is 0.411 e. The molecule has 1 aromatic rings. The monoisotopic (exact) mass is 386 g/mol. The molecule has 5 nitrogen and oxygen atoms in total. The summed E-state index contributed by atoms with van der Waals surface area (Å²) in [5.74, 6) is -0.168. The Morgan fingerprint density at radius 2 is 1.81 bits per heavy atom. The second-order valence-electron chi connectivity index (χ2n) is 7.26. The number of anilines is 1. The Kier molecular flexibility index (Phi) is 6.86. The van der Waals surface area contributed by atoms with Gasteiger partial charge >= 0.3 is 6.18 Å². The van der Waals surface area contributed by atoms with Crippen molar-refractivity contribution in [3.05, 3.63) is 29.8 Å². The van der Waals surface area contributed by atoms with Gasteiger partial charge in [-0.1, -0.05) is 26.0 Å². The Balaban J connectivity index is 2.08. The van der Waals surface area contributed by atoms with Crippen LogP contribution in [0.5, 0.6) is 0 Å². The van der Waals surface area contributed by atoms with Gasteiger partial charge in [-0.15, -0.1) is 0 Å². The van der Waals surface area contributed by atoms with E-state index in [2.05, 4.69) is 23.9 Å². The molecule has 1 heterocycles. The lowest BCUT2D eigenvalue weighted by molar-refractivity contribution is -0.184. The number of nitrogens with zero attached hydrogens (tertiary/aromatic N) is 1. The fourth-order valence-corrected chi connectivity index (χ4v) is 3.31. The predicted molar refractivity (Wildman–Crippen MR) is 95.4 cm³/mol. The van der Waals surface area contributed by atoms with Crippen LogP contribution in [-0.4, -0.2) is 48.7 Å². The maximum atomic E-state index is 12.9.